The van der Waals surface area contributed by atoms with Crippen molar-refractivity contribution in [2.45, 2.75) is 45.4 Å². The minimum atomic E-state index is -3.53. The van der Waals surface area contributed by atoms with E-state index in [-0.39, 0.29) is 11.8 Å². The Morgan fingerprint density at radius 2 is 1.68 bits per heavy atom. The average Bonchev–Trinajstić information content (AvgIpc) is 2.65. The second-order valence-corrected chi connectivity index (χ2v) is 9.59. The number of nitrogens with zero attached hydrogens (tertiary/aromatic N) is 1. The van der Waals surface area contributed by atoms with Crippen LogP contribution in [-0.4, -0.2) is 31.7 Å². The molecule has 2 aromatic carbocycles. The Hall–Kier alpha value is -2.18. The Morgan fingerprint density at radius 1 is 1.00 bits per heavy atom. The fraction of sp³-hybridized carbons (Fsp3) is 0.409. The van der Waals surface area contributed by atoms with Crippen LogP contribution in [0.15, 0.2) is 41.3 Å². The van der Waals surface area contributed by atoms with Crippen molar-refractivity contribution in [3.8, 4) is 0 Å². The van der Waals surface area contributed by atoms with Crippen LogP contribution < -0.4 is 5.32 Å². The highest BCUT2D eigenvalue weighted by molar-refractivity contribution is 7.89. The number of rotatable bonds is 4. The highest BCUT2D eigenvalue weighted by atomic mass is 32.2. The SMILES string of the molecule is Cc1ccc(S(=O)(=O)N2CCC(C(=O)Nc3cccc(C)c3C)CC2)c(C)c1. The van der Waals surface area contributed by atoms with E-state index in [9.17, 15) is 13.2 Å². The standard InChI is InChI=1S/C22H28N2O3S/c1-15-8-9-21(17(3)14-15)28(26,27)24-12-10-19(11-13-24)22(25)23-20-7-5-6-16(2)18(20)4/h5-9,14,19H,10-13H2,1-4H3,(H,23,25). The van der Waals surface area contributed by atoms with Crippen molar-refractivity contribution in [1.82, 2.24) is 4.31 Å². The first-order valence-electron chi connectivity index (χ1n) is 9.64. The first-order chi connectivity index (χ1) is 13.2. The van der Waals surface area contributed by atoms with Crippen molar-refractivity contribution in [2.75, 3.05) is 18.4 Å². The molecule has 6 heteroatoms. The van der Waals surface area contributed by atoms with Gasteiger partial charge in [0, 0.05) is 24.7 Å². The summed E-state index contributed by atoms with van der Waals surface area (Å²) in [6.45, 7) is 8.50. The number of anilines is 1. The average molecular weight is 401 g/mol. The van der Waals surface area contributed by atoms with Crippen LogP contribution in [0.4, 0.5) is 5.69 Å². The van der Waals surface area contributed by atoms with Crippen molar-refractivity contribution in [2.24, 2.45) is 5.92 Å². The van der Waals surface area contributed by atoms with Gasteiger partial charge in [0.25, 0.3) is 0 Å². The van der Waals surface area contributed by atoms with E-state index in [0.717, 1.165) is 27.9 Å². The summed E-state index contributed by atoms with van der Waals surface area (Å²) >= 11 is 0. The first-order valence-corrected chi connectivity index (χ1v) is 11.1. The molecule has 0 bridgehead atoms. The Kier molecular flexibility index (Phi) is 5.91. The highest BCUT2D eigenvalue weighted by Gasteiger charge is 2.32. The molecule has 1 aliphatic rings. The third-order valence-electron chi connectivity index (χ3n) is 5.64. The smallest absolute Gasteiger partial charge is 0.243 e. The summed E-state index contributed by atoms with van der Waals surface area (Å²) in [4.78, 5) is 13.0. The molecule has 2 aromatic rings. The van der Waals surface area contributed by atoms with Gasteiger partial charge in [-0.25, -0.2) is 8.42 Å². The molecular weight excluding hydrogens is 372 g/mol. The van der Waals surface area contributed by atoms with Gasteiger partial charge < -0.3 is 5.32 Å². The lowest BCUT2D eigenvalue weighted by molar-refractivity contribution is -0.120. The topological polar surface area (TPSA) is 66.5 Å². The quantitative estimate of drug-likeness (QED) is 0.845. The van der Waals surface area contributed by atoms with Crippen molar-refractivity contribution < 1.29 is 13.2 Å². The zero-order chi connectivity index (χ0) is 20.5. The lowest BCUT2D eigenvalue weighted by atomic mass is 9.97. The number of sulfonamides is 1. The summed E-state index contributed by atoms with van der Waals surface area (Å²) in [6.07, 6.45) is 1.06. The summed E-state index contributed by atoms with van der Waals surface area (Å²) in [5.41, 5.74) is 4.82. The summed E-state index contributed by atoms with van der Waals surface area (Å²) < 4.78 is 27.5. The van der Waals surface area contributed by atoms with Crippen LogP contribution in [-0.2, 0) is 14.8 Å². The first kappa shape index (κ1) is 20.6. The fourth-order valence-electron chi connectivity index (χ4n) is 3.71. The van der Waals surface area contributed by atoms with Crippen LogP contribution in [0.1, 0.15) is 35.1 Å². The molecule has 0 spiro atoms. The highest BCUT2D eigenvalue weighted by Crippen LogP contribution is 2.27. The maximum Gasteiger partial charge on any atom is 0.243 e. The second kappa shape index (κ2) is 8.05. The maximum absolute atomic E-state index is 13.0. The third kappa shape index (κ3) is 4.13. The molecule has 1 N–H and O–H groups in total. The van der Waals surface area contributed by atoms with Gasteiger partial charge in [-0.15, -0.1) is 0 Å². The van der Waals surface area contributed by atoms with Gasteiger partial charge in [0.15, 0.2) is 0 Å². The molecule has 1 aliphatic heterocycles. The normalized spacial score (nSPS) is 16.1. The van der Waals surface area contributed by atoms with Crippen molar-refractivity contribution in [1.29, 1.82) is 0 Å². The number of aryl methyl sites for hydroxylation is 3. The molecule has 0 saturated carbocycles. The Bertz CT molecular complexity index is 991. The lowest BCUT2D eigenvalue weighted by Gasteiger charge is -2.31. The number of piperidine rings is 1. The Morgan fingerprint density at radius 3 is 2.32 bits per heavy atom. The summed E-state index contributed by atoms with van der Waals surface area (Å²) in [5, 5.41) is 3.01. The predicted octanol–water partition coefficient (Wildman–Crippen LogP) is 3.96. The lowest BCUT2D eigenvalue weighted by Crippen LogP contribution is -2.41. The number of hydrogen-bond acceptors (Lipinski definition) is 3. The number of carbonyl (C=O) groups is 1. The van der Waals surface area contributed by atoms with Gasteiger partial charge in [0.2, 0.25) is 15.9 Å². The van der Waals surface area contributed by atoms with Gasteiger partial charge in [0.05, 0.1) is 4.90 Å². The summed E-state index contributed by atoms with van der Waals surface area (Å²) in [6, 6.07) is 11.2. The zero-order valence-corrected chi connectivity index (χ0v) is 17.8. The van der Waals surface area contributed by atoms with Crippen molar-refractivity contribution in [3.63, 3.8) is 0 Å². The van der Waals surface area contributed by atoms with Gasteiger partial charge in [-0.05, 0) is 69.4 Å². The van der Waals surface area contributed by atoms with Crippen LogP contribution in [0, 0.1) is 33.6 Å². The van der Waals surface area contributed by atoms with Crippen LogP contribution in [0.25, 0.3) is 0 Å². The van der Waals surface area contributed by atoms with Gasteiger partial charge in [-0.2, -0.15) is 4.31 Å². The van der Waals surface area contributed by atoms with E-state index in [0.29, 0.717) is 30.8 Å². The van der Waals surface area contributed by atoms with Gasteiger partial charge in [-0.3, -0.25) is 4.79 Å². The summed E-state index contributed by atoms with van der Waals surface area (Å²) in [5.74, 6) is -0.206. The van der Waals surface area contributed by atoms with Gasteiger partial charge in [-0.1, -0.05) is 29.8 Å². The van der Waals surface area contributed by atoms with Crippen LogP contribution in [0.5, 0.6) is 0 Å². The molecule has 3 rings (SSSR count). The molecule has 1 heterocycles. The fourth-order valence-corrected chi connectivity index (χ4v) is 5.38. The molecular formula is C22H28N2O3S. The molecule has 0 radical (unpaired) electrons. The van der Waals surface area contributed by atoms with Crippen molar-refractivity contribution >= 4 is 21.6 Å². The molecule has 1 amide bonds. The third-order valence-corrected chi connectivity index (χ3v) is 7.69. The van der Waals surface area contributed by atoms with Crippen LogP contribution in [0.3, 0.4) is 0 Å². The van der Waals surface area contributed by atoms with E-state index in [2.05, 4.69) is 5.32 Å². The van der Waals surface area contributed by atoms with E-state index in [1.54, 1.807) is 6.07 Å². The predicted molar refractivity (Wildman–Crippen MR) is 112 cm³/mol. The molecule has 28 heavy (non-hydrogen) atoms. The Labute approximate surface area is 167 Å². The number of nitrogens with one attached hydrogen (secondary N) is 1. The number of benzene rings is 2. The maximum atomic E-state index is 13.0. The molecule has 0 atom stereocenters. The molecule has 0 unspecified atom stereocenters. The Balaban J connectivity index is 1.67. The second-order valence-electron chi connectivity index (χ2n) is 7.68. The van der Waals surface area contributed by atoms with E-state index in [4.69, 9.17) is 0 Å². The monoisotopic (exact) mass is 400 g/mol. The number of amides is 1. The van der Waals surface area contributed by atoms with Gasteiger partial charge in [0.1, 0.15) is 0 Å². The van der Waals surface area contributed by atoms with E-state index in [1.807, 2.05) is 58.0 Å². The molecule has 1 saturated heterocycles. The van der Waals surface area contributed by atoms with Crippen LogP contribution in [0.2, 0.25) is 0 Å². The molecule has 0 aliphatic carbocycles. The van der Waals surface area contributed by atoms with Crippen molar-refractivity contribution in [3.05, 3.63) is 58.7 Å². The van der Waals surface area contributed by atoms with E-state index < -0.39 is 10.0 Å². The molecule has 0 aromatic heterocycles. The minimum absolute atomic E-state index is 0.0303. The summed E-state index contributed by atoms with van der Waals surface area (Å²) in [7, 11) is -3.53. The zero-order valence-electron chi connectivity index (χ0n) is 17.0. The minimum Gasteiger partial charge on any atom is -0.326 e. The van der Waals surface area contributed by atoms with E-state index >= 15 is 0 Å². The molecule has 5 nitrogen and oxygen atoms in total. The number of carbonyl (C=O) groups excluding carboxylic acids is 1. The molecule has 150 valence electrons. The molecule has 1 fully saturated rings. The van der Waals surface area contributed by atoms with E-state index in [1.165, 1.54) is 4.31 Å². The largest absolute Gasteiger partial charge is 0.326 e. The van der Waals surface area contributed by atoms with Gasteiger partial charge >= 0.3 is 0 Å². The number of hydrogen-bond donors (Lipinski definition) is 1. The van der Waals surface area contributed by atoms with Crippen LogP contribution >= 0.6 is 0 Å².